The number of fused-ring (bicyclic) bond motifs is 1. The van der Waals surface area contributed by atoms with Crippen molar-refractivity contribution in [3.05, 3.63) is 41.5 Å². The number of nitrogens with one attached hydrogen (secondary N) is 2. The maximum Gasteiger partial charge on any atom is 0.247 e. The quantitative estimate of drug-likeness (QED) is 0.362. The number of hydrogen-bond acceptors (Lipinski definition) is 4. The Morgan fingerprint density at radius 3 is 2.32 bits per heavy atom. The Kier molecular flexibility index (Phi) is 8.89. The Hall–Kier alpha value is -2.67. The first kappa shape index (κ1) is 25.9. The van der Waals surface area contributed by atoms with Gasteiger partial charge in [-0.1, -0.05) is 50.1 Å². The lowest BCUT2D eigenvalue weighted by molar-refractivity contribution is -0.140. The number of carbonyl (C=O) groups is 3. The number of para-hydroxylation sites is 1. The van der Waals surface area contributed by atoms with E-state index in [-0.39, 0.29) is 36.2 Å². The van der Waals surface area contributed by atoms with Crippen LogP contribution in [0.4, 0.5) is 5.69 Å². The van der Waals surface area contributed by atoms with E-state index in [1.807, 2.05) is 51.1 Å². The Morgan fingerprint density at radius 1 is 1.03 bits per heavy atom. The van der Waals surface area contributed by atoms with Crippen LogP contribution in [0.25, 0.3) is 0 Å². The SMILES string of the molecule is CC[C@@H]1C=C[C@H]2[C@H](C(=O)N(CCCCCCO)[C@@H]2C(=O)Nc2c(C)cccc2C)[C@@H]1C(=O)NC. The van der Waals surface area contributed by atoms with Gasteiger partial charge in [-0.05, 0) is 50.2 Å². The fourth-order valence-corrected chi connectivity index (χ4v) is 5.61. The van der Waals surface area contributed by atoms with Gasteiger partial charge in [0.25, 0.3) is 0 Å². The molecule has 0 saturated carbocycles. The highest BCUT2D eigenvalue weighted by atomic mass is 16.3. The van der Waals surface area contributed by atoms with Gasteiger partial charge in [0, 0.05) is 31.8 Å². The van der Waals surface area contributed by atoms with Crippen LogP contribution in [0.1, 0.15) is 50.2 Å². The van der Waals surface area contributed by atoms with Gasteiger partial charge in [-0.3, -0.25) is 14.4 Å². The Labute approximate surface area is 203 Å². The average molecular weight is 470 g/mol. The van der Waals surface area contributed by atoms with Crippen molar-refractivity contribution in [1.82, 2.24) is 10.2 Å². The maximum atomic E-state index is 13.7. The molecule has 34 heavy (non-hydrogen) atoms. The third-order valence-electron chi connectivity index (χ3n) is 7.44. The van der Waals surface area contributed by atoms with Crippen LogP contribution in [0.15, 0.2) is 30.4 Å². The lowest BCUT2D eigenvalue weighted by Crippen LogP contribution is -2.45. The average Bonchev–Trinajstić information content (AvgIpc) is 3.11. The van der Waals surface area contributed by atoms with E-state index < -0.39 is 17.9 Å². The van der Waals surface area contributed by atoms with Gasteiger partial charge >= 0.3 is 0 Å². The summed E-state index contributed by atoms with van der Waals surface area (Å²) >= 11 is 0. The molecule has 7 nitrogen and oxygen atoms in total. The van der Waals surface area contributed by atoms with Crippen molar-refractivity contribution < 1.29 is 19.5 Å². The first-order valence-electron chi connectivity index (χ1n) is 12.5. The van der Waals surface area contributed by atoms with Crippen molar-refractivity contribution in [3.8, 4) is 0 Å². The molecule has 1 heterocycles. The highest BCUT2D eigenvalue weighted by Gasteiger charge is 2.56. The normalized spacial score (nSPS) is 25.9. The van der Waals surface area contributed by atoms with Crippen LogP contribution in [-0.4, -0.2) is 54.0 Å². The number of aliphatic hydroxyl groups excluding tert-OH is 1. The third-order valence-corrected chi connectivity index (χ3v) is 7.44. The van der Waals surface area contributed by atoms with Gasteiger partial charge in [-0.25, -0.2) is 0 Å². The van der Waals surface area contributed by atoms with E-state index in [0.29, 0.717) is 6.54 Å². The molecule has 1 aromatic carbocycles. The molecule has 3 rings (SSSR count). The van der Waals surface area contributed by atoms with Crippen LogP contribution in [-0.2, 0) is 14.4 Å². The molecule has 2 aliphatic rings. The monoisotopic (exact) mass is 469 g/mol. The molecule has 0 bridgehead atoms. The van der Waals surface area contributed by atoms with Crippen molar-refractivity contribution in [3.63, 3.8) is 0 Å². The first-order chi connectivity index (χ1) is 16.3. The Bertz CT molecular complexity index is 908. The standard InChI is InChI=1S/C27H39N3O4/c1-5-19-13-14-20-22(21(19)25(32)28-4)27(34)30(15-8-6-7-9-16-31)24(20)26(33)29-23-17(2)11-10-12-18(23)3/h10-14,19-22,24,31H,5-9,15-16H2,1-4H3,(H,28,32)(H,29,33)/t19-,20+,21-,22+,24+/m1/s1. The molecule has 1 aromatic rings. The molecule has 7 heteroatoms. The highest BCUT2D eigenvalue weighted by Crippen LogP contribution is 2.45. The van der Waals surface area contributed by atoms with E-state index in [1.165, 1.54) is 0 Å². The van der Waals surface area contributed by atoms with Crippen molar-refractivity contribution in [2.24, 2.45) is 23.7 Å². The zero-order valence-electron chi connectivity index (χ0n) is 20.8. The summed E-state index contributed by atoms with van der Waals surface area (Å²) in [4.78, 5) is 42.0. The predicted octanol–water partition coefficient (Wildman–Crippen LogP) is 3.20. The molecule has 3 N–H and O–H groups in total. The lowest BCUT2D eigenvalue weighted by atomic mass is 9.69. The number of hydrogen-bond donors (Lipinski definition) is 3. The summed E-state index contributed by atoms with van der Waals surface area (Å²) in [6.07, 6.45) is 8.01. The number of amides is 3. The molecular weight excluding hydrogens is 430 g/mol. The zero-order chi connectivity index (χ0) is 24.8. The van der Waals surface area contributed by atoms with E-state index >= 15 is 0 Å². The Morgan fingerprint density at radius 2 is 1.71 bits per heavy atom. The summed E-state index contributed by atoms with van der Waals surface area (Å²) in [7, 11) is 1.60. The molecule has 1 saturated heterocycles. The second-order valence-electron chi connectivity index (χ2n) is 9.57. The van der Waals surface area contributed by atoms with Gasteiger partial charge in [-0.15, -0.1) is 0 Å². The van der Waals surface area contributed by atoms with Crippen LogP contribution in [0.3, 0.4) is 0 Å². The van der Waals surface area contributed by atoms with Gasteiger partial charge in [0.05, 0.1) is 11.8 Å². The minimum atomic E-state index is -0.657. The summed E-state index contributed by atoms with van der Waals surface area (Å²) in [5, 5.41) is 14.9. The van der Waals surface area contributed by atoms with E-state index in [9.17, 15) is 14.4 Å². The van der Waals surface area contributed by atoms with Crippen molar-refractivity contribution in [2.45, 2.75) is 58.9 Å². The molecule has 3 amide bonds. The minimum absolute atomic E-state index is 0.0306. The van der Waals surface area contributed by atoms with Gasteiger partial charge < -0.3 is 20.6 Å². The van der Waals surface area contributed by atoms with Crippen molar-refractivity contribution in [1.29, 1.82) is 0 Å². The maximum absolute atomic E-state index is 13.7. The van der Waals surface area contributed by atoms with E-state index in [4.69, 9.17) is 5.11 Å². The van der Waals surface area contributed by atoms with E-state index in [1.54, 1.807) is 11.9 Å². The largest absolute Gasteiger partial charge is 0.396 e. The smallest absolute Gasteiger partial charge is 0.247 e. The number of rotatable bonds is 10. The third kappa shape index (κ3) is 5.19. The summed E-state index contributed by atoms with van der Waals surface area (Å²) < 4.78 is 0. The number of aliphatic hydroxyl groups is 1. The number of nitrogens with zero attached hydrogens (tertiary/aromatic N) is 1. The second-order valence-corrected chi connectivity index (χ2v) is 9.57. The number of allylic oxidation sites excluding steroid dienone is 1. The molecule has 186 valence electrons. The van der Waals surface area contributed by atoms with Crippen LogP contribution in [0.5, 0.6) is 0 Å². The molecule has 1 fully saturated rings. The number of benzene rings is 1. The summed E-state index contributed by atoms with van der Waals surface area (Å²) in [5.74, 6) is -1.85. The second kappa shape index (κ2) is 11.6. The van der Waals surface area contributed by atoms with Gasteiger partial charge in [-0.2, -0.15) is 0 Å². The van der Waals surface area contributed by atoms with Crippen molar-refractivity contribution >= 4 is 23.4 Å². The first-order valence-corrected chi connectivity index (χ1v) is 12.5. The molecule has 5 atom stereocenters. The van der Waals surface area contributed by atoms with E-state index in [0.717, 1.165) is 48.9 Å². The highest BCUT2D eigenvalue weighted by molar-refractivity contribution is 6.02. The molecule has 0 spiro atoms. The number of aryl methyl sites for hydroxylation is 2. The van der Waals surface area contributed by atoms with Gasteiger partial charge in [0.2, 0.25) is 17.7 Å². The summed E-state index contributed by atoms with van der Waals surface area (Å²) in [6.45, 7) is 6.56. The molecule has 0 radical (unpaired) electrons. The fraction of sp³-hybridized carbons (Fsp3) is 0.593. The number of unbranched alkanes of at least 4 members (excludes halogenated alkanes) is 3. The minimum Gasteiger partial charge on any atom is -0.396 e. The fourth-order valence-electron chi connectivity index (χ4n) is 5.61. The molecule has 1 aliphatic heterocycles. The number of likely N-dealkylation sites (tertiary alicyclic amines) is 1. The van der Waals surface area contributed by atoms with Crippen LogP contribution < -0.4 is 10.6 Å². The topological polar surface area (TPSA) is 98.7 Å². The molecule has 0 aromatic heterocycles. The molecule has 0 unspecified atom stereocenters. The predicted molar refractivity (Wildman–Crippen MR) is 133 cm³/mol. The lowest BCUT2D eigenvalue weighted by Gasteiger charge is -2.33. The number of anilines is 1. The van der Waals surface area contributed by atoms with Gasteiger partial charge in [0.1, 0.15) is 6.04 Å². The number of carbonyl (C=O) groups excluding carboxylic acids is 3. The zero-order valence-corrected chi connectivity index (χ0v) is 20.8. The van der Waals surface area contributed by atoms with Gasteiger partial charge in [0.15, 0.2) is 0 Å². The van der Waals surface area contributed by atoms with Crippen molar-refractivity contribution in [2.75, 3.05) is 25.5 Å². The summed E-state index contributed by atoms with van der Waals surface area (Å²) in [5.41, 5.74) is 2.72. The molecule has 1 aliphatic carbocycles. The Balaban J connectivity index is 1.93. The van der Waals surface area contributed by atoms with Crippen LogP contribution in [0, 0.1) is 37.5 Å². The van der Waals surface area contributed by atoms with Crippen LogP contribution >= 0.6 is 0 Å². The summed E-state index contributed by atoms with van der Waals surface area (Å²) in [6, 6.07) is 5.21. The molecular formula is C27H39N3O4. The van der Waals surface area contributed by atoms with E-state index in [2.05, 4.69) is 10.6 Å². The van der Waals surface area contributed by atoms with Crippen LogP contribution in [0.2, 0.25) is 0 Å².